The van der Waals surface area contributed by atoms with Crippen LogP contribution in [0.15, 0.2) is 29.0 Å². The third-order valence-electron chi connectivity index (χ3n) is 2.20. The standard InChI is InChI=1S/C11H7BrCl2N4O/c12-7-1-5(3-17-10(7)14)18-11(19)6-2-9(13)16-4-8(6)15/h1-4H,15H2,(H,18,19). The first kappa shape index (κ1) is 14.0. The lowest BCUT2D eigenvalue weighted by atomic mass is 10.2. The Labute approximate surface area is 127 Å². The Hall–Kier alpha value is -1.37. The Morgan fingerprint density at radius 3 is 2.68 bits per heavy atom. The molecule has 19 heavy (non-hydrogen) atoms. The second-order valence-corrected chi connectivity index (χ2v) is 5.14. The van der Waals surface area contributed by atoms with Crippen LogP contribution in [0.4, 0.5) is 11.4 Å². The van der Waals surface area contributed by atoms with Gasteiger partial charge in [0, 0.05) is 0 Å². The fraction of sp³-hybridized carbons (Fsp3) is 0. The summed E-state index contributed by atoms with van der Waals surface area (Å²) in [6.45, 7) is 0. The van der Waals surface area contributed by atoms with Gasteiger partial charge in [-0.2, -0.15) is 0 Å². The second kappa shape index (κ2) is 5.73. The van der Waals surface area contributed by atoms with E-state index in [1.807, 2.05) is 0 Å². The van der Waals surface area contributed by atoms with Gasteiger partial charge in [0.05, 0.1) is 33.8 Å². The fourth-order valence-corrected chi connectivity index (χ4v) is 1.94. The molecule has 0 aliphatic heterocycles. The molecule has 1 amide bonds. The van der Waals surface area contributed by atoms with Crippen molar-refractivity contribution in [1.29, 1.82) is 0 Å². The van der Waals surface area contributed by atoms with Gasteiger partial charge in [0.15, 0.2) is 0 Å². The number of carbonyl (C=O) groups excluding carboxylic acids is 1. The number of pyridine rings is 2. The van der Waals surface area contributed by atoms with Crippen LogP contribution in [0.25, 0.3) is 0 Å². The number of amides is 1. The molecule has 0 atom stereocenters. The lowest BCUT2D eigenvalue weighted by Crippen LogP contribution is -2.14. The SMILES string of the molecule is Nc1cnc(Cl)cc1C(=O)Nc1cnc(Cl)c(Br)c1. The molecule has 0 saturated heterocycles. The highest BCUT2D eigenvalue weighted by Crippen LogP contribution is 2.24. The molecule has 0 radical (unpaired) electrons. The summed E-state index contributed by atoms with van der Waals surface area (Å²) in [5.74, 6) is -0.405. The van der Waals surface area contributed by atoms with Crippen molar-refractivity contribution < 1.29 is 4.79 Å². The van der Waals surface area contributed by atoms with E-state index in [0.29, 0.717) is 15.3 Å². The van der Waals surface area contributed by atoms with Gasteiger partial charge < -0.3 is 11.1 Å². The highest BCUT2D eigenvalue weighted by Gasteiger charge is 2.12. The molecule has 2 aromatic heterocycles. The Kier molecular flexibility index (Phi) is 4.24. The van der Waals surface area contributed by atoms with Gasteiger partial charge in [-0.1, -0.05) is 23.2 Å². The van der Waals surface area contributed by atoms with E-state index in [4.69, 9.17) is 28.9 Å². The minimum atomic E-state index is -0.405. The number of aromatic nitrogens is 2. The first-order valence-corrected chi connectivity index (χ1v) is 6.55. The first-order valence-electron chi connectivity index (χ1n) is 5.01. The summed E-state index contributed by atoms with van der Waals surface area (Å²) in [6, 6.07) is 3.02. The number of hydrogen-bond acceptors (Lipinski definition) is 4. The third kappa shape index (κ3) is 3.34. The van der Waals surface area contributed by atoms with Crippen LogP contribution in [0, 0.1) is 0 Å². The summed E-state index contributed by atoms with van der Waals surface area (Å²) >= 11 is 14.7. The zero-order valence-electron chi connectivity index (χ0n) is 9.32. The topological polar surface area (TPSA) is 80.9 Å². The monoisotopic (exact) mass is 360 g/mol. The van der Waals surface area contributed by atoms with Crippen molar-refractivity contribution >= 4 is 56.4 Å². The summed E-state index contributed by atoms with van der Waals surface area (Å²) in [5.41, 5.74) is 6.63. The molecular weight excluding hydrogens is 355 g/mol. The molecule has 0 saturated carbocycles. The Morgan fingerprint density at radius 2 is 2.00 bits per heavy atom. The van der Waals surface area contributed by atoms with Crippen molar-refractivity contribution in [3.8, 4) is 0 Å². The average molecular weight is 362 g/mol. The first-order chi connectivity index (χ1) is 8.97. The predicted octanol–water partition coefficient (Wildman–Crippen LogP) is 3.38. The van der Waals surface area contributed by atoms with E-state index in [-0.39, 0.29) is 16.4 Å². The third-order valence-corrected chi connectivity index (χ3v) is 3.54. The molecular formula is C11H7BrCl2N4O. The maximum absolute atomic E-state index is 12.0. The second-order valence-electron chi connectivity index (χ2n) is 3.55. The van der Waals surface area contributed by atoms with Gasteiger partial charge in [0.2, 0.25) is 0 Å². The molecule has 0 unspecified atom stereocenters. The number of nitrogen functional groups attached to an aromatic ring is 1. The lowest BCUT2D eigenvalue weighted by molar-refractivity contribution is 0.102. The van der Waals surface area contributed by atoms with Crippen LogP contribution in [0.2, 0.25) is 10.3 Å². The molecule has 3 N–H and O–H groups in total. The van der Waals surface area contributed by atoms with E-state index in [9.17, 15) is 4.79 Å². The molecule has 8 heteroatoms. The number of nitrogens with two attached hydrogens (primary N) is 1. The maximum atomic E-state index is 12.0. The Balaban J connectivity index is 2.25. The predicted molar refractivity (Wildman–Crippen MR) is 78.6 cm³/mol. The maximum Gasteiger partial charge on any atom is 0.257 e. The molecule has 0 aliphatic carbocycles. The van der Waals surface area contributed by atoms with Crippen molar-refractivity contribution in [3.05, 3.63) is 44.9 Å². The summed E-state index contributed by atoms with van der Waals surface area (Å²) in [5, 5.41) is 3.14. The van der Waals surface area contributed by atoms with E-state index in [1.165, 1.54) is 18.5 Å². The van der Waals surface area contributed by atoms with Gasteiger partial charge in [-0.05, 0) is 28.1 Å². The van der Waals surface area contributed by atoms with E-state index in [1.54, 1.807) is 6.07 Å². The number of nitrogens with one attached hydrogen (secondary N) is 1. The van der Waals surface area contributed by atoms with E-state index < -0.39 is 5.91 Å². The molecule has 0 aromatic carbocycles. The summed E-state index contributed by atoms with van der Waals surface area (Å²) < 4.78 is 0.577. The van der Waals surface area contributed by atoms with Gasteiger partial charge in [-0.15, -0.1) is 0 Å². The van der Waals surface area contributed by atoms with Crippen LogP contribution in [0.5, 0.6) is 0 Å². The van der Waals surface area contributed by atoms with Gasteiger partial charge in [0.25, 0.3) is 5.91 Å². The normalized spacial score (nSPS) is 10.3. The minimum Gasteiger partial charge on any atom is -0.397 e. The van der Waals surface area contributed by atoms with Crippen molar-refractivity contribution in [2.45, 2.75) is 0 Å². The smallest absolute Gasteiger partial charge is 0.257 e. The number of carbonyl (C=O) groups is 1. The summed E-state index contributed by atoms with van der Waals surface area (Å²) in [4.78, 5) is 19.7. The number of halogens is 3. The molecule has 0 bridgehead atoms. The summed E-state index contributed by atoms with van der Waals surface area (Å²) in [6.07, 6.45) is 2.76. The quantitative estimate of drug-likeness (QED) is 0.803. The molecule has 5 nitrogen and oxygen atoms in total. The molecule has 0 aliphatic rings. The highest BCUT2D eigenvalue weighted by molar-refractivity contribution is 9.10. The van der Waals surface area contributed by atoms with Crippen molar-refractivity contribution in [1.82, 2.24) is 9.97 Å². The molecule has 0 spiro atoms. The van der Waals surface area contributed by atoms with Crippen LogP contribution in [0.1, 0.15) is 10.4 Å². The zero-order valence-corrected chi connectivity index (χ0v) is 12.4. The van der Waals surface area contributed by atoms with Gasteiger partial charge in [-0.25, -0.2) is 9.97 Å². The molecule has 2 aromatic rings. The van der Waals surface area contributed by atoms with E-state index >= 15 is 0 Å². The van der Waals surface area contributed by atoms with Crippen molar-refractivity contribution in [3.63, 3.8) is 0 Å². The molecule has 98 valence electrons. The van der Waals surface area contributed by atoms with Gasteiger partial charge in [-0.3, -0.25) is 4.79 Å². The number of rotatable bonds is 2. The average Bonchev–Trinajstić information content (AvgIpc) is 2.36. The van der Waals surface area contributed by atoms with Crippen LogP contribution in [0.3, 0.4) is 0 Å². The van der Waals surface area contributed by atoms with Crippen molar-refractivity contribution in [2.75, 3.05) is 11.1 Å². The van der Waals surface area contributed by atoms with E-state index in [0.717, 1.165) is 0 Å². The van der Waals surface area contributed by atoms with Crippen LogP contribution in [-0.2, 0) is 0 Å². The molecule has 2 heterocycles. The van der Waals surface area contributed by atoms with Crippen molar-refractivity contribution in [2.24, 2.45) is 0 Å². The molecule has 0 fully saturated rings. The van der Waals surface area contributed by atoms with E-state index in [2.05, 4.69) is 31.2 Å². The van der Waals surface area contributed by atoms with Crippen LogP contribution < -0.4 is 11.1 Å². The van der Waals surface area contributed by atoms with Gasteiger partial charge >= 0.3 is 0 Å². The van der Waals surface area contributed by atoms with Crippen LogP contribution >= 0.6 is 39.1 Å². The zero-order chi connectivity index (χ0) is 14.0. The summed E-state index contributed by atoms with van der Waals surface area (Å²) in [7, 11) is 0. The highest BCUT2D eigenvalue weighted by atomic mass is 79.9. The Morgan fingerprint density at radius 1 is 1.26 bits per heavy atom. The largest absolute Gasteiger partial charge is 0.397 e. The minimum absolute atomic E-state index is 0.190. The number of hydrogen-bond donors (Lipinski definition) is 2. The number of nitrogens with zero attached hydrogens (tertiary/aromatic N) is 2. The van der Waals surface area contributed by atoms with Crippen LogP contribution in [-0.4, -0.2) is 15.9 Å². The fourth-order valence-electron chi connectivity index (χ4n) is 1.33. The molecule has 2 rings (SSSR count). The number of anilines is 2. The lowest BCUT2D eigenvalue weighted by Gasteiger charge is -2.08. The Bertz CT molecular complexity index is 651. The van der Waals surface area contributed by atoms with Gasteiger partial charge in [0.1, 0.15) is 10.3 Å².